The van der Waals surface area contributed by atoms with Gasteiger partial charge in [-0.15, -0.1) is 0 Å². The number of carbonyl (C=O) groups excluding carboxylic acids is 2. The quantitative estimate of drug-likeness (QED) is 0.411. The lowest BCUT2D eigenvalue weighted by molar-refractivity contribution is -0.122. The van der Waals surface area contributed by atoms with Crippen molar-refractivity contribution in [1.29, 1.82) is 0 Å². The molecule has 178 valence electrons. The summed E-state index contributed by atoms with van der Waals surface area (Å²) >= 11 is 0. The monoisotopic (exact) mass is 459 g/mol. The third kappa shape index (κ3) is 7.96. The first-order valence-corrected chi connectivity index (χ1v) is 11.4. The maximum absolute atomic E-state index is 13.1. The average molecular weight is 460 g/mol. The summed E-state index contributed by atoms with van der Waals surface area (Å²) in [6.07, 6.45) is 0.425. The van der Waals surface area contributed by atoms with Gasteiger partial charge in [-0.25, -0.2) is 4.79 Å². The first kappa shape index (κ1) is 24.8. The maximum Gasteiger partial charge on any atom is 0.326 e. The van der Waals surface area contributed by atoms with Crippen molar-refractivity contribution in [3.63, 3.8) is 0 Å². The van der Waals surface area contributed by atoms with Crippen molar-refractivity contribution in [3.8, 4) is 11.5 Å². The zero-order chi connectivity index (χ0) is 24.6. The number of hydrogen-bond acceptors (Lipinski definition) is 3. The van der Waals surface area contributed by atoms with Crippen molar-refractivity contribution in [2.24, 2.45) is 5.41 Å². The van der Waals surface area contributed by atoms with E-state index in [1.165, 1.54) is 0 Å². The molecule has 6 heteroatoms. The normalized spacial score (nSPS) is 10.9. The van der Waals surface area contributed by atoms with Gasteiger partial charge in [0.2, 0.25) is 5.91 Å². The number of nitrogens with zero attached hydrogens (tertiary/aromatic N) is 1. The Morgan fingerprint density at radius 1 is 0.853 bits per heavy atom. The van der Waals surface area contributed by atoms with Gasteiger partial charge in [0, 0.05) is 30.9 Å². The zero-order valence-corrected chi connectivity index (χ0v) is 20.3. The Morgan fingerprint density at radius 2 is 1.47 bits per heavy atom. The molecule has 3 aromatic rings. The minimum Gasteiger partial charge on any atom is -0.457 e. The Bertz CT molecular complexity index is 1070. The number of carbonyl (C=O) groups is 2. The molecule has 0 saturated carbocycles. The van der Waals surface area contributed by atoms with Crippen LogP contribution in [-0.2, 0) is 4.79 Å². The molecule has 0 fully saturated rings. The van der Waals surface area contributed by atoms with Crippen LogP contribution in [0.1, 0.15) is 32.8 Å². The van der Waals surface area contributed by atoms with Crippen molar-refractivity contribution in [2.75, 3.05) is 23.3 Å². The van der Waals surface area contributed by atoms with E-state index in [1.54, 1.807) is 4.90 Å². The summed E-state index contributed by atoms with van der Waals surface area (Å²) in [7, 11) is 0. The maximum atomic E-state index is 13.1. The van der Waals surface area contributed by atoms with Gasteiger partial charge in [0.1, 0.15) is 11.5 Å². The third-order valence-electron chi connectivity index (χ3n) is 5.02. The van der Waals surface area contributed by atoms with Gasteiger partial charge in [-0.1, -0.05) is 56.7 Å². The number of nitrogens with one attached hydrogen (secondary N) is 2. The van der Waals surface area contributed by atoms with Gasteiger partial charge >= 0.3 is 6.03 Å². The lowest BCUT2D eigenvalue weighted by Crippen LogP contribution is -2.41. The van der Waals surface area contributed by atoms with Crippen LogP contribution < -0.4 is 20.3 Å². The van der Waals surface area contributed by atoms with E-state index in [0.29, 0.717) is 36.6 Å². The molecule has 0 aliphatic carbocycles. The Morgan fingerprint density at radius 3 is 2.09 bits per heavy atom. The van der Waals surface area contributed by atoms with Gasteiger partial charge in [-0.3, -0.25) is 9.69 Å². The largest absolute Gasteiger partial charge is 0.457 e. The molecule has 0 unspecified atom stereocenters. The molecule has 0 heterocycles. The molecule has 3 aromatic carbocycles. The van der Waals surface area contributed by atoms with Crippen LogP contribution in [0.4, 0.5) is 16.2 Å². The van der Waals surface area contributed by atoms with E-state index < -0.39 is 0 Å². The highest BCUT2D eigenvalue weighted by Gasteiger charge is 2.19. The highest BCUT2D eigenvalue weighted by Crippen LogP contribution is 2.25. The van der Waals surface area contributed by atoms with Gasteiger partial charge in [0.05, 0.1) is 0 Å². The number of ether oxygens (including phenoxy) is 1. The number of rotatable bonds is 8. The molecule has 0 aliphatic rings. The number of para-hydroxylation sites is 1. The SMILES string of the molecule is Cc1ccc(NC(=O)N(CCNC(=O)CC(C)(C)C)c2ccc(Oc3ccccc3)cc2)cc1. The molecule has 6 nitrogen and oxygen atoms in total. The number of hydrogen-bond donors (Lipinski definition) is 2. The lowest BCUT2D eigenvalue weighted by Gasteiger charge is -2.24. The standard InChI is InChI=1S/C28H33N3O3/c1-21-10-12-22(13-11-21)30-27(33)31(19-18-29-26(32)20-28(2,3)4)23-14-16-25(17-15-23)34-24-8-6-5-7-9-24/h5-17H,18-20H2,1-4H3,(H,29,32)(H,30,33). The van der Waals surface area contributed by atoms with E-state index in [9.17, 15) is 9.59 Å². The van der Waals surface area contributed by atoms with Crippen LogP contribution in [0.25, 0.3) is 0 Å². The van der Waals surface area contributed by atoms with Crippen LogP contribution >= 0.6 is 0 Å². The van der Waals surface area contributed by atoms with Gasteiger partial charge in [-0.2, -0.15) is 0 Å². The number of anilines is 2. The fourth-order valence-corrected chi connectivity index (χ4v) is 3.35. The molecular formula is C28H33N3O3. The molecule has 0 radical (unpaired) electrons. The molecule has 3 rings (SSSR count). The number of benzene rings is 3. The van der Waals surface area contributed by atoms with E-state index in [4.69, 9.17) is 4.74 Å². The lowest BCUT2D eigenvalue weighted by atomic mass is 9.92. The van der Waals surface area contributed by atoms with Gasteiger partial charge in [0.25, 0.3) is 0 Å². The van der Waals surface area contributed by atoms with E-state index in [2.05, 4.69) is 10.6 Å². The summed E-state index contributed by atoms with van der Waals surface area (Å²) in [5.41, 5.74) is 2.43. The first-order chi connectivity index (χ1) is 16.2. The smallest absolute Gasteiger partial charge is 0.326 e. The molecule has 34 heavy (non-hydrogen) atoms. The third-order valence-corrected chi connectivity index (χ3v) is 5.02. The molecule has 0 aliphatic heterocycles. The van der Waals surface area contributed by atoms with E-state index in [-0.39, 0.29) is 17.4 Å². The highest BCUT2D eigenvalue weighted by molar-refractivity contribution is 6.01. The Kier molecular flexibility index (Phi) is 8.30. The van der Waals surface area contributed by atoms with Crippen molar-refractivity contribution >= 4 is 23.3 Å². The van der Waals surface area contributed by atoms with Crippen LogP contribution in [0.15, 0.2) is 78.9 Å². The van der Waals surface area contributed by atoms with Crippen molar-refractivity contribution in [1.82, 2.24) is 5.32 Å². The Labute approximate surface area is 201 Å². The molecule has 0 bridgehead atoms. The van der Waals surface area contributed by atoms with Crippen molar-refractivity contribution in [2.45, 2.75) is 34.1 Å². The van der Waals surface area contributed by atoms with Gasteiger partial charge in [-0.05, 0) is 60.9 Å². The number of aryl methyl sites for hydroxylation is 1. The Balaban J connectivity index is 1.71. The minimum atomic E-state index is -0.273. The molecular weight excluding hydrogens is 426 g/mol. The summed E-state index contributed by atoms with van der Waals surface area (Å²) in [6, 6.07) is 24.2. The van der Waals surface area contributed by atoms with Crippen molar-refractivity contribution in [3.05, 3.63) is 84.4 Å². The fraction of sp³-hybridized carbons (Fsp3) is 0.286. The van der Waals surface area contributed by atoms with E-state index >= 15 is 0 Å². The van der Waals surface area contributed by atoms with Crippen molar-refractivity contribution < 1.29 is 14.3 Å². The van der Waals surface area contributed by atoms with Gasteiger partial charge in [0.15, 0.2) is 0 Å². The van der Waals surface area contributed by atoms with E-state index in [0.717, 1.165) is 11.3 Å². The topological polar surface area (TPSA) is 70.7 Å². The Hall–Kier alpha value is -3.80. The molecule has 2 N–H and O–H groups in total. The summed E-state index contributed by atoms with van der Waals surface area (Å²) in [6.45, 7) is 8.73. The van der Waals surface area contributed by atoms with Crippen LogP contribution in [0.5, 0.6) is 11.5 Å². The van der Waals surface area contributed by atoms with Crippen LogP contribution in [-0.4, -0.2) is 25.0 Å². The number of amides is 3. The zero-order valence-electron chi connectivity index (χ0n) is 20.3. The van der Waals surface area contributed by atoms with Crippen LogP contribution in [0.3, 0.4) is 0 Å². The second-order valence-corrected chi connectivity index (χ2v) is 9.44. The van der Waals surface area contributed by atoms with Gasteiger partial charge < -0.3 is 15.4 Å². The summed E-state index contributed by atoms with van der Waals surface area (Å²) in [5, 5.41) is 5.87. The van der Waals surface area contributed by atoms with E-state index in [1.807, 2.05) is 107 Å². The second-order valence-electron chi connectivity index (χ2n) is 9.44. The van der Waals surface area contributed by atoms with Crippen LogP contribution in [0, 0.1) is 12.3 Å². The molecule has 0 atom stereocenters. The molecule has 0 spiro atoms. The second kappa shape index (κ2) is 11.4. The molecule has 3 amide bonds. The molecule has 0 aromatic heterocycles. The predicted molar refractivity (Wildman–Crippen MR) is 138 cm³/mol. The minimum absolute atomic E-state index is 0.0296. The summed E-state index contributed by atoms with van der Waals surface area (Å²) in [5.74, 6) is 1.39. The summed E-state index contributed by atoms with van der Waals surface area (Å²) < 4.78 is 5.86. The predicted octanol–water partition coefficient (Wildman–Crippen LogP) is 6.38. The highest BCUT2D eigenvalue weighted by atomic mass is 16.5. The van der Waals surface area contributed by atoms with Crippen LogP contribution in [0.2, 0.25) is 0 Å². The molecule has 0 saturated heterocycles. The summed E-state index contributed by atoms with van der Waals surface area (Å²) in [4.78, 5) is 27.0. The average Bonchev–Trinajstić information content (AvgIpc) is 2.78. The fourth-order valence-electron chi connectivity index (χ4n) is 3.35. The first-order valence-electron chi connectivity index (χ1n) is 11.4. The number of urea groups is 1.